The highest BCUT2D eigenvalue weighted by Gasteiger charge is 2.52. The average Bonchev–Trinajstić information content (AvgIpc) is 2.75. The fraction of sp³-hybridized carbons (Fsp3) is 0.333. The summed E-state index contributed by atoms with van der Waals surface area (Å²) in [6.07, 6.45) is -7.41. The second-order valence-corrected chi connectivity index (χ2v) is 7.36. The summed E-state index contributed by atoms with van der Waals surface area (Å²) in [6.45, 7) is 6.79. The van der Waals surface area contributed by atoms with Crippen molar-refractivity contribution in [2.24, 2.45) is 10.7 Å². The SMILES string of the molecule is [C-]#[N+]c1ccc(C(=O)Cc2cc(C)c(F)c([C@]3(CF)C[C@@H](C(F)(F)F)OC(N)=N3)c2)nc1. The molecule has 2 heterocycles. The highest BCUT2D eigenvalue weighted by molar-refractivity contribution is 5.96. The topological polar surface area (TPSA) is 81.9 Å². The van der Waals surface area contributed by atoms with Gasteiger partial charge in [0.1, 0.15) is 23.7 Å². The third-order valence-electron chi connectivity index (χ3n) is 5.04. The number of hydrogen-bond acceptors (Lipinski definition) is 5. The van der Waals surface area contributed by atoms with Gasteiger partial charge in [-0.1, -0.05) is 12.1 Å². The molecule has 3 rings (SSSR count). The molecule has 0 fully saturated rings. The number of nitrogens with two attached hydrogens (primary N) is 1. The Morgan fingerprint density at radius 2 is 2.09 bits per heavy atom. The van der Waals surface area contributed by atoms with Crippen LogP contribution in [0, 0.1) is 19.3 Å². The number of pyridine rings is 1. The van der Waals surface area contributed by atoms with E-state index in [0.29, 0.717) is 0 Å². The van der Waals surface area contributed by atoms with Crippen LogP contribution in [-0.4, -0.2) is 35.7 Å². The Balaban J connectivity index is 2.01. The second kappa shape index (κ2) is 8.53. The lowest BCUT2D eigenvalue weighted by atomic mass is 9.82. The molecule has 0 aliphatic carbocycles. The van der Waals surface area contributed by atoms with Crippen LogP contribution in [0.3, 0.4) is 0 Å². The molecule has 11 heteroatoms. The van der Waals surface area contributed by atoms with Crippen LogP contribution >= 0.6 is 0 Å². The van der Waals surface area contributed by atoms with Gasteiger partial charge in [-0.25, -0.2) is 18.6 Å². The number of amidine groups is 1. The van der Waals surface area contributed by atoms with Crippen molar-refractivity contribution >= 4 is 17.5 Å². The summed E-state index contributed by atoms with van der Waals surface area (Å²) in [5.74, 6) is -1.42. The lowest BCUT2D eigenvalue weighted by Gasteiger charge is -2.37. The van der Waals surface area contributed by atoms with E-state index in [4.69, 9.17) is 12.3 Å². The standard InChI is InChI=1S/C21H17F5N4O2/c1-11-5-12(7-16(31)15-4-3-13(28-2)9-29-15)6-14(18(11)23)20(10-22)8-17(21(24,25)26)32-19(27)30-20/h3-6,9,17H,7-8,10H2,1H3,(H2,27,30)/t17-,20+/m0/s1. The molecule has 1 aliphatic heterocycles. The first-order valence-electron chi connectivity index (χ1n) is 9.30. The van der Waals surface area contributed by atoms with Crippen LogP contribution in [0.2, 0.25) is 0 Å². The van der Waals surface area contributed by atoms with Gasteiger partial charge in [0.15, 0.2) is 11.9 Å². The fourth-order valence-corrected chi connectivity index (χ4v) is 3.46. The van der Waals surface area contributed by atoms with Crippen molar-refractivity contribution in [2.75, 3.05) is 6.67 Å². The molecule has 1 aliphatic rings. The number of ether oxygens (including phenoxy) is 1. The van der Waals surface area contributed by atoms with Crippen LogP contribution in [0.25, 0.3) is 4.85 Å². The molecular weight excluding hydrogens is 435 g/mol. The summed E-state index contributed by atoms with van der Waals surface area (Å²) in [5, 5.41) is 0. The highest BCUT2D eigenvalue weighted by atomic mass is 19.4. The highest BCUT2D eigenvalue weighted by Crippen LogP contribution is 2.42. The first kappa shape index (κ1) is 23.1. The number of aliphatic imine (C=N–C) groups is 1. The van der Waals surface area contributed by atoms with Crippen molar-refractivity contribution in [3.8, 4) is 0 Å². The third-order valence-corrected chi connectivity index (χ3v) is 5.04. The van der Waals surface area contributed by atoms with Crippen LogP contribution in [-0.2, 0) is 16.7 Å². The number of ketones is 1. The van der Waals surface area contributed by atoms with Crippen molar-refractivity contribution in [3.05, 3.63) is 70.1 Å². The lowest BCUT2D eigenvalue weighted by molar-refractivity contribution is -0.209. The molecule has 0 saturated carbocycles. The summed E-state index contributed by atoms with van der Waals surface area (Å²) < 4.78 is 73.4. The molecule has 168 valence electrons. The number of carbonyl (C=O) groups excluding carboxylic acids is 1. The lowest BCUT2D eigenvalue weighted by Crippen LogP contribution is -2.48. The molecule has 2 aromatic rings. The van der Waals surface area contributed by atoms with Crippen LogP contribution < -0.4 is 5.73 Å². The molecule has 0 radical (unpaired) electrons. The summed E-state index contributed by atoms with van der Waals surface area (Å²) in [6, 6.07) is 4.31. The van der Waals surface area contributed by atoms with Crippen molar-refractivity contribution in [1.82, 2.24) is 4.98 Å². The average molecular weight is 452 g/mol. The van der Waals surface area contributed by atoms with E-state index in [1.165, 1.54) is 31.3 Å². The van der Waals surface area contributed by atoms with E-state index in [-0.39, 0.29) is 28.9 Å². The number of alkyl halides is 4. The maximum absolute atomic E-state index is 15.0. The molecule has 6 nitrogen and oxygen atoms in total. The van der Waals surface area contributed by atoms with Gasteiger partial charge in [-0.2, -0.15) is 13.2 Å². The molecule has 0 saturated heterocycles. The van der Waals surface area contributed by atoms with Gasteiger partial charge in [0.2, 0.25) is 5.69 Å². The first-order valence-corrected chi connectivity index (χ1v) is 9.30. The van der Waals surface area contributed by atoms with E-state index in [1.54, 1.807) is 0 Å². The monoisotopic (exact) mass is 452 g/mol. The van der Waals surface area contributed by atoms with Gasteiger partial charge < -0.3 is 10.5 Å². The number of aryl methyl sites for hydroxylation is 1. The van der Waals surface area contributed by atoms with Gasteiger partial charge in [-0.3, -0.25) is 9.78 Å². The maximum Gasteiger partial charge on any atom is 0.425 e. The number of Topliss-reactive ketones (excluding diaryl/α,β-unsaturated/α-hetero) is 1. The minimum atomic E-state index is -4.87. The quantitative estimate of drug-likeness (QED) is 0.416. The predicted molar refractivity (Wildman–Crippen MR) is 104 cm³/mol. The molecular formula is C21H17F5N4O2. The predicted octanol–water partition coefficient (Wildman–Crippen LogP) is 4.34. The number of halogens is 5. The zero-order valence-electron chi connectivity index (χ0n) is 16.7. The van der Waals surface area contributed by atoms with Gasteiger partial charge in [0, 0.05) is 24.6 Å². The maximum atomic E-state index is 15.0. The molecule has 1 aromatic carbocycles. The normalized spacial score (nSPS) is 20.8. The van der Waals surface area contributed by atoms with E-state index in [2.05, 4.69) is 19.6 Å². The van der Waals surface area contributed by atoms with Gasteiger partial charge in [0.25, 0.3) is 6.02 Å². The summed E-state index contributed by atoms with van der Waals surface area (Å²) >= 11 is 0. The Morgan fingerprint density at radius 1 is 1.38 bits per heavy atom. The summed E-state index contributed by atoms with van der Waals surface area (Å²) in [5.41, 5.74) is 3.19. The van der Waals surface area contributed by atoms with Gasteiger partial charge in [-0.15, -0.1) is 0 Å². The van der Waals surface area contributed by atoms with Crippen LogP contribution in [0.15, 0.2) is 35.5 Å². The Kier molecular flexibility index (Phi) is 6.16. The fourth-order valence-electron chi connectivity index (χ4n) is 3.46. The largest absolute Gasteiger partial charge is 0.452 e. The zero-order chi connectivity index (χ0) is 23.7. The molecule has 0 bridgehead atoms. The molecule has 32 heavy (non-hydrogen) atoms. The number of carbonyl (C=O) groups is 1. The van der Waals surface area contributed by atoms with E-state index < -0.39 is 54.1 Å². The Hall–Kier alpha value is -3.55. The van der Waals surface area contributed by atoms with Crippen LogP contribution in [0.5, 0.6) is 0 Å². The van der Waals surface area contributed by atoms with Crippen molar-refractivity contribution in [3.63, 3.8) is 0 Å². The number of benzene rings is 1. The van der Waals surface area contributed by atoms with Crippen molar-refractivity contribution in [2.45, 2.75) is 37.6 Å². The van der Waals surface area contributed by atoms with Gasteiger partial charge in [-0.05, 0) is 30.2 Å². The van der Waals surface area contributed by atoms with Crippen molar-refractivity contribution in [1.29, 1.82) is 0 Å². The van der Waals surface area contributed by atoms with E-state index in [0.717, 1.165) is 6.07 Å². The molecule has 0 spiro atoms. The minimum absolute atomic E-state index is 0.00161. The Labute approximate surface area is 179 Å². The summed E-state index contributed by atoms with van der Waals surface area (Å²) in [7, 11) is 0. The number of rotatable bonds is 5. The number of nitrogens with zero attached hydrogens (tertiary/aromatic N) is 3. The molecule has 2 atom stereocenters. The second-order valence-electron chi connectivity index (χ2n) is 7.36. The van der Waals surface area contributed by atoms with E-state index >= 15 is 0 Å². The smallest absolute Gasteiger partial charge is 0.425 e. The molecule has 1 aromatic heterocycles. The van der Waals surface area contributed by atoms with Crippen molar-refractivity contribution < 1.29 is 31.5 Å². The minimum Gasteiger partial charge on any atom is -0.452 e. The van der Waals surface area contributed by atoms with Crippen LogP contribution in [0.4, 0.5) is 27.6 Å². The van der Waals surface area contributed by atoms with E-state index in [1.807, 2.05) is 0 Å². The first-order chi connectivity index (χ1) is 15.0. The van der Waals surface area contributed by atoms with E-state index in [9.17, 15) is 26.7 Å². The number of aromatic nitrogens is 1. The van der Waals surface area contributed by atoms with Crippen LogP contribution in [0.1, 0.15) is 33.6 Å². The molecule has 0 unspecified atom stereocenters. The molecule has 0 amide bonds. The Bertz CT molecular complexity index is 1110. The third kappa shape index (κ3) is 4.54. The summed E-state index contributed by atoms with van der Waals surface area (Å²) in [4.78, 5) is 23.3. The van der Waals surface area contributed by atoms with Gasteiger partial charge >= 0.3 is 6.18 Å². The van der Waals surface area contributed by atoms with Gasteiger partial charge in [0.05, 0.1) is 6.57 Å². The zero-order valence-corrected chi connectivity index (χ0v) is 16.7. The Morgan fingerprint density at radius 3 is 2.66 bits per heavy atom. The number of hydrogen-bond donors (Lipinski definition) is 1. The molecule has 2 N–H and O–H groups in total.